The highest BCUT2D eigenvalue weighted by atomic mass is 16.5. The van der Waals surface area contributed by atoms with Crippen molar-refractivity contribution < 1.29 is 14.6 Å². The van der Waals surface area contributed by atoms with Crippen LogP contribution < -0.4 is 5.32 Å². The molecule has 2 aliphatic heterocycles. The van der Waals surface area contributed by atoms with Crippen molar-refractivity contribution in [2.75, 3.05) is 32.9 Å². The molecule has 2 heterocycles. The van der Waals surface area contributed by atoms with E-state index in [1.54, 1.807) is 0 Å². The fourth-order valence-electron chi connectivity index (χ4n) is 3.68. The van der Waals surface area contributed by atoms with Crippen LogP contribution in [0.25, 0.3) is 0 Å². The maximum absolute atomic E-state index is 12.5. The zero-order valence-corrected chi connectivity index (χ0v) is 13.7. The highest BCUT2D eigenvalue weighted by Crippen LogP contribution is 2.24. The number of rotatable bonds is 4. The van der Waals surface area contributed by atoms with Crippen LogP contribution in [0.3, 0.4) is 0 Å². The maximum Gasteiger partial charge on any atom is 0.251 e. The third kappa shape index (κ3) is 3.74. The normalized spacial score (nSPS) is 26.3. The number of hydrogen-bond donors (Lipinski definition) is 2. The first-order chi connectivity index (χ1) is 11.2. The molecule has 1 aromatic rings. The number of aliphatic hydroxyl groups is 1. The molecule has 2 fully saturated rings. The van der Waals surface area contributed by atoms with Crippen LogP contribution in [0.15, 0.2) is 24.3 Å². The number of carbonyl (C=O) groups excluding carboxylic acids is 1. The van der Waals surface area contributed by atoms with Gasteiger partial charge in [0, 0.05) is 56.5 Å². The summed E-state index contributed by atoms with van der Waals surface area (Å²) in [5.74, 6) is 0.0613. The van der Waals surface area contributed by atoms with Gasteiger partial charge in [-0.05, 0) is 31.4 Å². The van der Waals surface area contributed by atoms with Crippen molar-refractivity contribution in [2.45, 2.75) is 31.8 Å². The van der Waals surface area contributed by atoms with Crippen molar-refractivity contribution in [1.29, 1.82) is 0 Å². The summed E-state index contributed by atoms with van der Waals surface area (Å²) < 4.78 is 5.43. The van der Waals surface area contributed by atoms with Crippen molar-refractivity contribution in [3.05, 3.63) is 35.4 Å². The lowest BCUT2D eigenvalue weighted by atomic mass is 10.0. The Bertz CT molecular complexity index is 543. The van der Waals surface area contributed by atoms with Gasteiger partial charge in [0.05, 0.1) is 0 Å². The van der Waals surface area contributed by atoms with Crippen LogP contribution in [0.1, 0.15) is 28.8 Å². The van der Waals surface area contributed by atoms with E-state index in [0.717, 1.165) is 44.7 Å². The van der Waals surface area contributed by atoms with E-state index in [0.29, 0.717) is 11.6 Å². The van der Waals surface area contributed by atoms with Crippen LogP contribution in [-0.4, -0.2) is 60.9 Å². The number of likely N-dealkylation sites (tertiary alicyclic amines) is 1. The van der Waals surface area contributed by atoms with E-state index in [-0.39, 0.29) is 24.5 Å². The summed E-state index contributed by atoms with van der Waals surface area (Å²) in [6.07, 6.45) is 2.08. The zero-order valence-electron chi connectivity index (χ0n) is 13.7. The lowest BCUT2D eigenvalue weighted by molar-refractivity contribution is 0.0398. The van der Waals surface area contributed by atoms with Gasteiger partial charge in [0.1, 0.15) is 0 Å². The van der Waals surface area contributed by atoms with Gasteiger partial charge in [0.15, 0.2) is 0 Å². The number of aliphatic hydroxyl groups excluding tert-OH is 1. The van der Waals surface area contributed by atoms with E-state index in [1.165, 1.54) is 0 Å². The summed E-state index contributed by atoms with van der Waals surface area (Å²) in [5.41, 5.74) is 1.69. The predicted molar refractivity (Wildman–Crippen MR) is 88.4 cm³/mol. The van der Waals surface area contributed by atoms with Gasteiger partial charge in [-0.3, -0.25) is 9.69 Å². The summed E-state index contributed by atoms with van der Waals surface area (Å²) in [6.45, 7) is 5.34. The number of hydrogen-bond acceptors (Lipinski definition) is 4. The van der Waals surface area contributed by atoms with E-state index in [2.05, 4.69) is 10.2 Å². The Morgan fingerprint density at radius 1 is 1.30 bits per heavy atom. The van der Waals surface area contributed by atoms with Crippen molar-refractivity contribution in [1.82, 2.24) is 10.2 Å². The molecule has 5 heteroatoms. The third-order valence-corrected chi connectivity index (χ3v) is 5.12. The molecule has 2 N–H and O–H groups in total. The highest BCUT2D eigenvalue weighted by Gasteiger charge is 2.37. The fourth-order valence-corrected chi connectivity index (χ4v) is 3.68. The van der Waals surface area contributed by atoms with Crippen LogP contribution >= 0.6 is 0 Å². The summed E-state index contributed by atoms with van der Waals surface area (Å²) in [6, 6.07) is 8.14. The average molecular weight is 318 g/mol. The number of benzene rings is 1. The van der Waals surface area contributed by atoms with E-state index >= 15 is 0 Å². The molecule has 1 aromatic carbocycles. The molecule has 0 spiro atoms. The molecule has 2 atom stereocenters. The summed E-state index contributed by atoms with van der Waals surface area (Å²) >= 11 is 0. The first-order valence-corrected chi connectivity index (χ1v) is 8.48. The molecule has 5 nitrogen and oxygen atoms in total. The Hall–Kier alpha value is -1.43. The second kappa shape index (κ2) is 7.43. The van der Waals surface area contributed by atoms with Gasteiger partial charge in [0.2, 0.25) is 0 Å². The van der Waals surface area contributed by atoms with Crippen LogP contribution in [0, 0.1) is 12.8 Å². The lowest BCUT2D eigenvalue weighted by Crippen LogP contribution is -2.43. The highest BCUT2D eigenvalue weighted by molar-refractivity contribution is 5.95. The van der Waals surface area contributed by atoms with E-state index in [9.17, 15) is 9.90 Å². The number of amides is 1. The molecule has 0 unspecified atom stereocenters. The Balaban J connectivity index is 1.64. The fraction of sp³-hybridized carbons (Fsp3) is 0.611. The molecule has 2 aliphatic rings. The molecule has 0 radical (unpaired) electrons. The number of carbonyl (C=O) groups is 1. The molecule has 23 heavy (non-hydrogen) atoms. The van der Waals surface area contributed by atoms with E-state index in [1.807, 2.05) is 31.2 Å². The second-order valence-electron chi connectivity index (χ2n) is 6.63. The van der Waals surface area contributed by atoms with Crippen molar-refractivity contribution in [3.63, 3.8) is 0 Å². The quantitative estimate of drug-likeness (QED) is 0.876. The van der Waals surface area contributed by atoms with E-state index < -0.39 is 0 Å². The average Bonchev–Trinajstić information content (AvgIpc) is 2.99. The van der Waals surface area contributed by atoms with Crippen molar-refractivity contribution in [3.8, 4) is 0 Å². The van der Waals surface area contributed by atoms with Gasteiger partial charge in [-0.25, -0.2) is 0 Å². The first kappa shape index (κ1) is 16.4. The molecule has 0 bridgehead atoms. The number of nitrogens with zero attached hydrogens (tertiary/aromatic N) is 1. The Kier molecular flexibility index (Phi) is 5.30. The molecule has 3 rings (SSSR count). The predicted octanol–water partition coefficient (Wildman–Crippen LogP) is 1.20. The topological polar surface area (TPSA) is 61.8 Å². The monoisotopic (exact) mass is 318 g/mol. The molecular formula is C18H26N2O3. The van der Waals surface area contributed by atoms with Gasteiger partial charge in [0.25, 0.3) is 5.91 Å². The summed E-state index contributed by atoms with van der Waals surface area (Å²) in [7, 11) is 0. The minimum absolute atomic E-state index is 0.00921. The van der Waals surface area contributed by atoms with Gasteiger partial charge >= 0.3 is 0 Å². The molecule has 1 amide bonds. The molecule has 0 aliphatic carbocycles. The number of aryl methyl sites for hydroxylation is 1. The summed E-state index contributed by atoms with van der Waals surface area (Å²) in [4.78, 5) is 14.9. The molecular weight excluding hydrogens is 292 g/mol. The van der Waals surface area contributed by atoms with Gasteiger partial charge < -0.3 is 15.2 Å². The third-order valence-electron chi connectivity index (χ3n) is 5.12. The largest absolute Gasteiger partial charge is 0.396 e. The SMILES string of the molecule is Cc1ccccc1C(=O)N[C@@H]1CN(C2CCOCC2)C[C@H]1CO. The van der Waals surface area contributed by atoms with Crippen molar-refractivity contribution >= 4 is 5.91 Å². The van der Waals surface area contributed by atoms with Gasteiger partial charge in [-0.15, -0.1) is 0 Å². The molecule has 0 aromatic heterocycles. The minimum Gasteiger partial charge on any atom is -0.396 e. The standard InChI is InChI=1S/C18H26N2O3/c1-13-4-2-3-5-16(13)18(22)19-17-11-20(10-14(17)12-21)15-6-8-23-9-7-15/h2-5,14-15,17,21H,6-12H2,1H3,(H,19,22)/t14-,17+/m0/s1. The smallest absolute Gasteiger partial charge is 0.251 e. The molecule has 126 valence electrons. The van der Waals surface area contributed by atoms with Crippen LogP contribution in [0.4, 0.5) is 0 Å². The van der Waals surface area contributed by atoms with Crippen LogP contribution in [0.2, 0.25) is 0 Å². The van der Waals surface area contributed by atoms with Crippen molar-refractivity contribution in [2.24, 2.45) is 5.92 Å². The van der Waals surface area contributed by atoms with Crippen LogP contribution in [-0.2, 0) is 4.74 Å². The maximum atomic E-state index is 12.5. The number of nitrogens with one attached hydrogen (secondary N) is 1. The molecule has 0 saturated carbocycles. The molecule has 2 saturated heterocycles. The number of ether oxygens (including phenoxy) is 1. The van der Waals surface area contributed by atoms with Gasteiger partial charge in [-0.1, -0.05) is 18.2 Å². The Labute approximate surface area is 137 Å². The first-order valence-electron chi connectivity index (χ1n) is 8.48. The van der Waals surface area contributed by atoms with E-state index in [4.69, 9.17) is 4.74 Å². The van der Waals surface area contributed by atoms with Gasteiger partial charge in [-0.2, -0.15) is 0 Å². The second-order valence-corrected chi connectivity index (χ2v) is 6.63. The van der Waals surface area contributed by atoms with Crippen LogP contribution in [0.5, 0.6) is 0 Å². The Morgan fingerprint density at radius 2 is 2.04 bits per heavy atom. The lowest BCUT2D eigenvalue weighted by Gasteiger charge is -2.31. The Morgan fingerprint density at radius 3 is 2.74 bits per heavy atom. The summed E-state index contributed by atoms with van der Waals surface area (Å²) in [5, 5.41) is 12.8. The minimum atomic E-state index is -0.0413. The zero-order chi connectivity index (χ0) is 16.2.